The van der Waals surface area contributed by atoms with Crippen LogP contribution in [0.15, 0.2) is 54.6 Å². The van der Waals surface area contributed by atoms with Crippen molar-refractivity contribution < 1.29 is 4.74 Å². The van der Waals surface area contributed by atoms with Crippen LogP contribution in [0.4, 0.5) is 0 Å². The molecular formula is C16H16O. The summed E-state index contributed by atoms with van der Waals surface area (Å²) in [5.41, 5.74) is 2.80. The van der Waals surface area contributed by atoms with Crippen LogP contribution in [0.5, 0.6) is 5.75 Å². The third kappa shape index (κ3) is 1.93. The van der Waals surface area contributed by atoms with E-state index in [2.05, 4.69) is 48.5 Å². The summed E-state index contributed by atoms with van der Waals surface area (Å²) in [4.78, 5) is 0. The second-order valence-corrected chi connectivity index (χ2v) is 4.60. The Hall–Kier alpha value is -1.76. The van der Waals surface area contributed by atoms with Gasteiger partial charge in [0.05, 0.1) is 7.11 Å². The summed E-state index contributed by atoms with van der Waals surface area (Å²) in [5.74, 6) is 2.33. The van der Waals surface area contributed by atoms with E-state index < -0.39 is 0 Å². The van der Waals surface area contributed by atoms with Crippen molar-refractivity contribution in [1.82, 2.24) is 0 Å². The molecule has 1 aliphatic rings. The van der Waals surface area contributed by atoms with Crippen molar-refractivity contribution in [3.63, 3.8) is 0 Å². The molecule has 0 radical (unpaired) electrons. The van der Waals surface area contributed by atoms with Crippen LogP contribution in [-0.4, -0.2) is 7.11 Å². The quantitative estimate of drug-likeness (QED) is 0.766. The lowest BCUT2D eigenvalue weighted by molar-refractivity contribution is 0.409. The van der Waals surface area contributed by atoms with Gasteiger partial charge in [-0.25, -0.2) is 0 Å². The molecule has 0 aliphatic heterocycles. The van der Waals surface area contributed by atoms with E-state index in [0.717, 1.165) is 5.75 Å². The highest BCUT2D eigenvalue weighted by Crippen LogP contribution is 2.56. The van der Waals surface area contributed by atoms with E-state index in [1.54, 1.807) is 7.11 Å². The van der Waals surface area contributed by atoms with Gasteiger partial charge in [0.25, 0.3) is 0 Å². The van der Waals surface area contributed by atoms with Gasteiger partial charge in [0, 0.05) is 0 Å². The van der Waals surface area contributed by atoms with Crippen LogP contribution in [0.2, 0.25) is 0 Å². The van der Waals surface area contributed by atoms with Gasteiger partial charge in [0.1, 0.15) is 5.75 Å². The predicted octanol–water partition coefficient (Wildman–Crippen LogP) is 3.97. The molecule has 86 valence electrons. The number of rotatable bonds is 3. The van der Waals surface area contributed by atoms with Gasteiger partial charge >= 0.3 is 0 Å². The SMILES string of the molecule is COc1ccccc1C1CC1c1ccccc1. The van der Waals surface area contributed by atoms with Crippen LogP contribution in [0.3, 0.4) is 0 Å². The van der Waals surface area contributed by atoms with Crippen molar-refractivity contribution in [3.05, 3.63) is 65.7 Å². The first kappa shape index (κ1) is 10.4. The van der Waals surface area contributed by atoms with E-state index in [0.29, 0.717) is 11.8 Å². The molecular weight excluding hydrogens is 208 g/mol. The minimum Gasteiger partial charge on any atom is -0.496 e. The molecule has 3 rings (SSSR count). The van der Waals surface area contributed by atoms with Crippen LogP contribution in [-0.2, 0) is 0 Å². The average molecular weight is 224 g/mol. The number of hydrogen-bond acceptors (Lipinski definition) is 1. The van der Waals surface area contributed by atoms with Gasteiger partial charge in [0.15, 0.2) is 0 Å². The molecule has 0 heterocycles. The highest BCUT2D eigenvalue weighted by atomic mass is 16.5. The van der Waals surface area contributed by atoms with Gasteiger partial charge in [-0.2, -0.15) is 0 Å². The number of ether oxygens (including phenoxy) is 1. The van der Waals surface area contributed by atoms with Gasteiger partial charge in [-0.3, -0.25) is 0 Å². The summed E-state index contributed by atoms with van der Waals surface area (Å²) >= 11 is 0. The molecule has 1 saturated carbocycles. The molecule has 2 aromatic rings. The first-order valence-electron chi connectivity index (χ1n) is 6.08. The Morgan fingerprint density at radius 2 is 1.59 bits per heavy atom. The van der Waals surface area contributed by atoms with Crippen molar-refractivity contribution in [1.29, 1.82) is 0 Å². The monoisotopic (exact) mass is 224 g/mol. The fourth-order valence-electron chi connectivity index (χ4n) is 2.58. The molecule has 0 amide bonds. The molecule has 0 aromatic heterocycles. The van der Waals surface area contributed by atoms with Crippen molar-refractivity contribution >= 4 is 0 Å². The lowest BCUT2D eigenvalue weighted by Crippen LogP contribution is -1.90. The lowest BCUT2D eigenvalue weighted by atomic mass is 10.0. The van der Waals surface area contributed by atoms with E-state index in [4.69, 9.17) is 4.74 Å². The molecule has 0 bridgehead atoms. The number of methoxy groups -OCH3 is 1. The van der Waals surface area contributed by atoms with E-state index in [1.165, 1.54) is 17.5 Å². The zero-order chi connectivity index (χ0) is 11.7. The summed E-state index contributed by atoms with van der Waals surface area (Å²) in [6, 6.07) is 19.1. The molecule has 2 unspecified atom stereocenters. The fourth-order valence-corrected chi connectivity index (χ4v) is 2.58. The summed E-state index contributed by atoms with van der Waals surface area (Å²) in [6.45, 7) is 0. The maximum atomic E-state index is 5.43. The summed E-state index contributed by atoms with van der Waals surface area (Å²) in [6.07, 6.45) is 1.24. The molecule has 1 aliphatic carbocycles. The zero-order valence-corrected chi connectivity index (χ0v) is 9.97. The molecule has 17 heavy (non-hydrogen) atoms. The molecule has 0 N–H and O–H groups in total. The van der Waals surface area contributed by atoms with Crippen LogP contribution >= 0.6 is 0 Å². The summed E-state index contributed by atoms with van der Waals surface area (Å²) < 4.78 is 5.43. The highest BCUT2D eigenvalue weighted by Gasteiger charge is 2.40. The van der Waals surface area contributed by atoms with Crippen LogP contribution in [0.1, 0.15) is 29.4 Å². The van der Waals surface area contributed by atoms with E-state index in [9.17, 15) is 0 Å². The largest absolute Gasteiger partial charge is 0.496 e. The normalized spacial score (nSPS) is 22.2. The number of hydrogen-bond donors (Lipinski definition) is 0. The van der Waals surface area contributed by atoms with Crippen LogP contribution < -0.4 is 4.74 Å². The Morgan fingerprint density at radius 1 is 0.882 bits per heavy atom. The van der Waals surface area contributed by atoms with E-state index in [-0.39, 0.29) is 0 Å². The lowest BCUT2D eigenvalue weighted by Gasteiger charge is -2.07. The van der Waals surface area contributed by atoms with Gasteiger partial charge in [-0.05, 0) is 35.4 Å². The van der Waals surface area contributed by atoms with E-state index in [1.807, 2.05) is 6.07 Å². The maximum Gasteiger partial charge on any atom is 0.122 e. The first-order valence-corrected chi connectivity index (χ1v) is 6.08. The molecule has 2 aromatic carbocycles. The first-order chi connectivity index (χ1) is 8.40. The Bertz CT molecular complexity index is 504. The Morgan fingerprint density at radius 3 is 2.35 bits per heavy atom. The van der Waals surface area contributed by atoms with E-state index >= 15 is 0 Å². The number of para-hydroxylation sites is 1. The minimum absolute atomic E-state index is 0.633. The molecule has 1 fully saturated rings. The average Bonchev–Trinajstić information content (AvgIpc) is 3.20. The maximum absolute atomic E-state index is 5.43. The summed E-state index contributed by atoms with van der Waals surface area (Å²) in [5, 5.41) is 0. The van der Waals surface area contributed by atoms with Crippen LogP contribution in [0, 0.1) is 0 Å². The third-order valence-corrected chi connectivity index (χ3v) is 3.56. The smallest absolute Gasteiger partial charge is 0.122 e. The summed E-state index contributed by atoms with van der Waals surface area (Å²) in [7, 11) is 1.75. The second-order valence-electron chi connectivity index (χ2n) is 4.60. The Labute approximate surface area is 102 Å². The second kappa shape index (κ2) is 4.25. The third-order valence-electron chi connectivity index (χ3n) is 3.56. The molecule has 1 heteroatoms. The molecule has 0 spiro atoms. The Balaban J connectivity index is 1.85. The molecule has 0 saturated heterocycles. The van der Waals surface area contributed by atoms with Crippen molar-refractivity contribution in [3.8, 4) is 5.75 Å². The van der Waals surface area contributed by atoms with Gasteiger partial charge in [-0.1, -0.05) is 48.5 Å². The highest BCUT2D eigenvalue weighted by molar-refractivity contribution is 5.44. The zero-order valence-electron chi connectivity index (χ0n) is 9.97. The van der Waals surface area contributed by atoms with Gasteiger partial charge in [-0.15, -0.1) is 0 Å². The minimum atomic E-state index is 0.633. The standard InChI is InChI=1S/C16H16O/c1-17-16-10-6-5-9-13(16)15-11-14(15)12-7-3-2-4-8-12/h2-10,14-15H,11H2,1H3. The fraction of sp³-hybridized carbons (Fsp3) is 0.250. The van der Waals surface area contributed by atoms with Crippen molar-refractivity contribution in [2.24, 2.45) is 0 Å². The van der Waals surface area contributed by atoms with Gasteiger partial charge < -0.3 is 4.74 Å². The Kier molecular flexibility index (Phi) is 2.60. The topological polar surface area (TPSA) is 9.23 Å². The molecule has 2 atom stereocenters. The van der Waals surface area contributed by atoms with Crippen LogP contribution in [0.25, 0.3) is 0 Å². The molecule has 1 nitrogen and oxygen atoms in total. The van der Waals surface area contributed by atoms with Crippen molar-refractivity contribution in [2.45, 2.75) is 18.3 Å². The van der Waals surface area contributed by atoms with Crippen molar-refractivity contribution in [2.75, 3.05) is 7.11 Å². The number of benzene rings is 2. The predicted molar refractivity (Wildman–Crippen MR) is 69.5 cm³/mol. The van der Waals surface area contributed by atoms with Gasteiger partial charge in [0.2, 0.25) is 0 Å².